The van der Waals surface area contributed by atoms with Gasteiger partial charge in [0, 0.05) is 37.7 Å². The summed E-state index contributed by atoms with van der Waals surface area (Å²) in [7, 11) is 0. The number of rotatable bonds is 3. The number of nitrogens with zero attached hydrogens (tertiary/aromatic N) is 9. The molecule has 1 aromatic carbocycles. The fraction of sp³-hybridized carbons (Fsp3) is 0.423. The predicted molar refractivity (Wildman–Crippen MR) is 132 cm³/mol. The van der Waals surface area contributed by atoms with Crippen LogP contribution in [0.1, 0.15) is 49.3 Å². The molecule has 36 heavy (non-hydrogen) atoms. The van der Waals surface area contributed by atoms with Crippen LogP contribution in [0.4, 0.5) is 0 Å². The van der Waals surface area contributed by atoms with Gasteiger partial charge in [-0.15, -0.1) is 15.3 Å². The number of hydrogen-bond donors (Lipinski definition) is 0. The maximum Gasteiger partial charge on any atom is 0.226 e. The highest BCUT2D eigenvalue weighted by Crippen LogP contribution is 2.32. The lowest BCUT2D eigenvalue weighted by atomic mass is 9.80. The smallest absolute Gasteiger partial charge is 0.226 e. The van der Waals surface area contributed by atoms with E-state index in [-0.39, 0.29) is 11.8 Å². The maximum atomic E-state index is 13.0. The number of fused-ring (bicyclic) bond motifs is 2. The Balaban J connectivity index is 1.05. The van der Waals surface area contributed by atoms with Gasteiger partial charge in [0.25, 0.3) is 0 Å². The normalized spacial score (nSPS) is 19.5. The summed E-state index contributed by atoms with van der Waals surface area (Å²) >= 11 is 0. The first-order chi connectivity index (χ1) is 17.7. The summed E-state index contributed by atoms with van der Waals surface area (Å²) in [6, 6.07) is 7.80. The van der Waals surface area contributed by atoms with Crippen molar-refractivity contribution in [1.82, 2.24) is 44.6 Å². The lowest BCUT2D eigenvalue weighted by Crippen LogP contribution is -2.42. The Labute approximate surface area is 208 Å². The molecule has 0 radical (unpaired) electrons. The first-order valence-electron chi connectivity index (χ1n) is 12.4. The highest BCUT2D eigenvalue weighted by molar-refractivity contribution is 5.79. The molecule has 4 heterocycles. The van der Waals surface area contributed by atoms with Crippen molar-refractivity contribution in [3.8, 4) is 17.7 Å². The molecule has 1 aliphatic heterocycles. The zero-order valence-corrected chi connectivity index (χ0v) is 20.2. The van der Waals surface area contributed by atoms with Crippen molar-refractivity contribution in [2.24, 2.45) is 11.8 Å². The van der Waals surface area contributed by atoms with E-state index in [2.05, 4.69) is 42.3 Å². The molecule has 10 nitrogen and oxygen atoms in total. The van der Waals surface area contributed by atoms with Crippen molar-refractivity contribution in [3.63, 3.8) is 0 Å². The van der Waals surface area contributed by atoms with E-state index < -0.39 is 0 Å². The second kappa shape index (κ2) is 9.49. The quantitative estimate of drug-likeness (QED) is 0.414. The number of aromatic nitrogens is 8. The number of carbonyl (C=O) groups excluding carboxylic acids is 1. The van der Waals surface area contributed by atoms with Gasteiger partial charge in [0.1, 0.15) is 11.8 Å². The number of carbonyl (C=O) groups is 1. The van der Waals surface area contributed by atoms with Gasteiger partial charge in [-0.3, -0.25) is 4.79 Å². The Hall–Kier alpha value is -4.13. The third-order valence-corrected chi connectivity index (χ3v) is 7.27. The summed E-state index contributed by atoms with van der Waals surface area (Å²) in [5.74, 6) is 9.25. The highest BCUT2D eigenvalue weighted by atomic mass is 16.2. The Morgan fingerprint density at radius 3 is 2.89 bits per heavy atom. The standard InChI is InChI=1S/C26H27N9O/c1-18-4-2-6-21-25(18)31-32-35(21)23-12-13-27-22(29-23)7-3-5-19-8-10-20(11-9-19)26(36)33-14-15-34-17-28-30-24(34)16-33/h2,4,6,12-13,17,19-20H,5,8-11,14-16H2,1H3. The third-order valence-electron chi connectivity index (χ3n) is 7.27. The van der Waals surface area contributed by atoms with Crippen molar-refractivity contribution in [1.29, 1.82) is 0 Å². The minimum Gasteiger partial charge on any atom is -0.333 e. The average Bonchev–Trinajstić information content (AvgIpc) is 3.56. The van der Waals surface area contributed by atoms with E-state index >= 15 is 0 Å². The van der Waals surface area contributed by atoms with Gasteiger partial charge in [-0.2, -0.15) is 4.68 Å². The third kappa shape index (κ3) is 4.33. The van der Waals surface area contributed by atoms with Crippen molar-refractivity contribution < 1.29 is 4.79 Å². The maximum absolute atomic E-state index is 13.0. The summed E-state index contributed by atoms with van der Waals surface area (Å²) in [4.78, 5) is 23.9. The van der Waals surface area contributed by atoms with Crippen LogP contribution >= 0.6 is 0 Å². The molecule has 4 aromatic rings. The lowest BCUT2D eigenvalue weighted by molar-refractivity contribution is -0.138. The van der Waals surface area contributed by atoms with Gasteiger partial charge in [-0.1, -0.05) is 23.3 Å². The molecule has 0 atom stereocenters. The minimum absolute atomic E-state index is 0.102. The predicted octanol–water partition coefficient (Wildman–Crippen LogP) is 2.70. The molecule has 1 aliphatic carbocycles. The van der Waals surface area contributed by atoms with Crippen LogP contribution in [0.2, 0.25) is 0 Å². The molecule has 0 unspecified atom stereocenters. The van der Waals surface area contributed by atoms with Crippen LogP contribution in [-0.4, -0.2) is 57.1 Å². The SMILES string of the molecule is Cc1cccc2c1nnn2-c1ccnc(C#CCC2CCC(C(=O)N3CCn4cnnc4C3)CC2)n1. The Bertz CT molecular complexity index is 1470. The summed E-state index contributed by atoms with van der Waals surface area (Å²) < 4.78 is 3.74. The van der Waals surface area contributed by atoms with E-state index in [0.717, 1.165) is 67.6 Å². The van der Waals surface area contributed by atoms with Gasteiger partial charge in [0.05, 0.1) is 12.1 Å². The zero-order chi connectivity index (χ0) is 24.5. The molecule has 1 saturated carbocycles. The topological polar surface area (TPSA) is 108 Å². The molecule has 1 fully saturated rings. The molecule has 10 heteroatoms. The van der Waals surface area contributed by atoms with E-state index in [0.29, 0.717) is 24.1 Å². The van der Waals surface area contributed by atoms with Gasteiger partial charge < -0.3 is 9.47 Å². The molecule has 2 aliphatic rings. The highest BCUT2D eigenvalue weighted by Gasteiger charge is 2.31. The van der Waals surface area contributed by atoms with Crippen LogP contribution < -0.4 is 0 Å². The molecule has 6 rings (SSSR count). The van der Waals surface area contributed by atoms with Crippen LogP contribution in [0.3, 0.4) is 0 Å². The molecule has 3 aromatic heterocycles. The van der Waals surface area contributed by atoms with E-state index in [1.54, 1.807) is 17.2 Å². The van der Waals surface area contributed by atoms with Gasteiger partial charge in [0.15, 0.2) is 11.6 Å². The second-order valence-corrected chi connectivity index (χ2v) is 9.61. The first kappa shape index (κ1) is 22.3. The number of hydrogen-bond acceptors (Lipinski definition) is 7. The first-order valence-corrected chi connectivity index (χ1v) is 12.4. The average molecular weight is 482 g/mol. The molecule has 182 valence electrons. The van der Waals surface area contributed by atoms with Crippen LogP contribution in [0.5, 0.6) is 0 Å². The molecule has 0 bridgehead atoms. The Morgan fingerprint density at radius 2 is 2.00 bits per heavy atom. The van der Waals surface area contributed by atoms with Crippen molar-refractivity contribution in [2.75, 3.05) is 6.54 Å². The minimum atomic E-state index is 0.102. The summed E-state index contributed by atoms with van der Waals surface area (Å²) in [5, 5.41) is 16.6. The molecule has 0 saturated heterocycles. The van der Waals surface area contributed by atoms with Gasteiger partial charge in [-0.05, 0) is 56.1 Å². The molecular formula is C26H27N9O. The Morgan fingerprint density at radius 1 is 1.11 bits per heavy atom. The molecular weight excluding hydrogens is 454 g/mol. The van der Waals surface area contributed by atoms with Crippen LogP contribution in [-0.2, 0) is 17.9 Å². The fourth-order valence-electron chi connectivity index (χ4n) is 5.18. The lowest BCUT2D eigenvalue weighted by Gasteiger charge is -2.33. The number of amides is 1. The van der Waals surface area contributed by atoms with Gasteiger partial charge in [-0.25, -0.2) is 9.97 Å². The summed E-state index contributed by atoms with van der Waals surface area (Å²) in [6.07, 6.45) is 8.09. The van der Waals surface area contributed by atoms with Crippen LogP contribution in [0.15, 0.2) is 36.8 Å². The summed E-state index contributed by atoms with van der Waals surface area (Å²) in [5.41, 5.74) is 2.84. The van der Waals surface area contributed by atoms with Crippen molar-refractivity contribution in [3.05, 3.63) is 54.0 Å². The van der Waals surface area contributed by atoms with E-state index in [9.17, 15) is 4.79 Å². The van der Waals surface area contributed by atoms with Gasteiger partial charge in [0.2, 0.25) is 11.7 Å². The largest absolute Gasteiger partial charge is 0.333 e. The molecule has 1 amide bonds. The fourth-order valence-corrected chi connectivity index (χ4v) is 5.18. The zero-order valence-electron chi connectivity index (χ0n) is 20.2. The van der Waals surface area contributed by atoms with E-state index in [4.69, 9.17) is 0 Å². The molecule has 0 spiro atoms. The second-order valence-electron chi connectivity index (χ2n) is 9.61. The number of benzene rings is 1. The number of aryl methyl sites for hydroxylation is 1. The Kier molecular flexibility index (Phi) is 5.89. The van der Waals surface area contributed by atoms with E-state index in [1.165, 1.54) is 0 Å². The van der Waals surface area contributed by atoms with E-state index in [1.807, 2.05) is 40.7 Å². The molecule has 0 N–H and O–H groups in total. The summed E-state index contributed by atoms with van der Waals surface area (Å²) in [6.45, 7) is 4.09. The van der Waals surface area contributed by atoms with Crippen LogP contribution in [0, 0.1) is 30.6 Å². The van der Waals surface area contributed by atoms with Crippen LogP contribution in [0.25, 0.3) is 16.9 Å². The van der Waals surface area contributed by atoms with Crippen molar-refractivity contribution in [2.45, 2.75) is 52.1 Å². The van der Waals surface area contributed by atoms with Crippen molar-refractivity contribution >= 4 is 16.9 Å². The monoisotopic (exact) mass is 481 g/mol. The van der Waals surface area contributed by atoms with Gasteiger partial charge >= 0.3 is 0 Å².